The molecule has 3 atom stereocenters. The second kappa shape index (κ2) is 5.48. The maximum absolute atomic E-state index is 3.60. The molecule has 0 radical (unpaired) electrons. The molecule has 3 nitrogen and oxygen atoms in total. The lowest BCUT2D eigenvalue weighted by Crippen LogP contribution is -2.53. The van der Waals surface area contributed by atoms with E-state index in [1.54, 1.807) is 0 Å². The van der Waals surface area contributed by atoms with Crippen LogP contribution < -0.4 is 5.32 Å². The van der Waals surface area contributed by atoms with Gasteiger partial charge in [0, 0.05) is 24.7 Å². The highest BCUT2D eigenvalue weighted by Gasteiger charge is 2.45. The van der Waals surface area contributed by atoms with E-state index in [4.69, 9.17) is 0 Å². The molecule has 0 spiro atoms. The van der Waals surface area contributed by atoms with E-state index in [2.05, 4.69) is 50.1 Å². The summed E-state index contributed by atoms with van der Waals surface area (Å²) in [6, 6.07) is 2.17. The number of hydrogen-bond donors (Lipinski definition) is 1. The van der Waals surface area contributed by atoms with Crippen molar-refractivity contribution in [3.63, 3.8) is 0 Å². The molecule has 0 bridgehead atoms. The normalized spacial score (nSPS) is 36.7. The van der Waals surface area contributed by atoms with Crippen LogP contribution in [0.5, 0.6) is 0 Å². The Hall–Kier alpha value is -0.120. The fourth-order valence-corrected chi connectivity index (χ4v) is 4.22. The summed E-state index contributed by atoms with van der Waals surface area (Å²) in [6.45, 7) is 7.36. The second-order valence-electron chi connectivity index (χ2n) is 7.16. The third-order valence-electron chi connectivity index (χ3n) is 5.05. The van der Waals surface area contributed by atoms with Gasteiger partial charge < -0.3 is 10.2 Å². The Balaban J connectivity index is 2.06. The molecule has 2 aliphatic rings. The maximum atomic E-state index is 3.60. The lowest BCUT2D eigenvalue weighted by atomic mass is 9.86. The summed E-state index contributed by atoms with van der Waals surface area (Å²) in [4.78, 5) is 5.15. The van der Waals surface area contributed by atoms with E-state index in [9.17, 15) is 0 Å². The van der Waals surface area contributed by atoms with Gasteiger partial charge in [-0.25, -0.2) is 0 Å². The van der Waals surface area contributed by atoms with Crippen LogP contribution in [-0.4, -0.2) is 62.2 Å². The minimum absolute atomic E-state index is 0.449. The summed E-state index contributed by atoms with van der Waals surface area (Å²) in [5, 5.41) is 3.60. The van der Waals surface area contributed by atoms with Gasteiger partial charge in [0.25, 0.3) is 0 Å². The van der Waals surface area contributed by atoms with Gasteiger partial charge in [0.15, 0.2) is 0 Å². The van der Waals surface area contributed by atoms with Crippen molar-refractivity contribution in [2.75, 3.05) is 34.2 Å². The molecule has 1 saturated heterocycles. The Morgan fingerprint density at radius 3 is 2.61 bits per heavy atom. The highest BCUT2D eigenvalue weighted by atomic mass is 15.3. The summed E-state index contributed by atoms with van der Waals surface area (Å²) >= 11 is 0. The Morgan fingerprint density at radius 1 is 1.28 bits per heavy atom. The molecule has 1 saturated carbocycles. The number of rotatable bonds is 4. The van der Waals surface area contributed by atoms with Gasteiger partial charge in [-0.3, -0.25) is 4.90 Å². The SMILES string of the molecule is CNC1C(N2CCCC2CN(C)C)CCC1(C)C. The van der Waals surface area contributed by atoms with E-state index in [0.29, 0.717) is 11.5 Å². The maximum Gasteiger partial charge on any atom is 0.0271 e. The van der Waals surface area contributed by atoms with Crippen LogP contribution in [0, 0.1) is 5.41 Å². The van der Waals surface area contributed by atoms with Crippen LogP contribution >= 0.6 is 0 Å². The van der Waals surface area contributed by atoms with Gasteiger partial charge in [-0.1, -0.05) is 13.8 Å². The summed E-state index contributed by atoms with van der Waals surface area (Å²) in [5.41, 5.74) is 0.449. The van der Waals surface area contributed by atoms with Crippen LogP contribution in [0.4, 0.5) is 0 Å². The summed E-state index contributed by atoms with van der Waals surface area (Å²) < 4.78 is 0. The molecule has 3 heteroatoms. The van der Waals surface area contributed by atoms with Gasteiger partial charge >= 0.3 is 0 Å². The van der Waals surface area contributed by atoms with Crippen molar-refractivity contribution in [3.05, 3.63) is 0 Å². The van der Waals surface area contributed by atoms with E-state index < -0.39 is 0 Å². The van der Waals surface area contributed by atoms with E-state index >= 15 is 0 Å². The zero-order valence-corrected chi connectivity index (χ0v) is 12.9. The van der Waals surface area contributed by atoms with Crippen LogP contribution in [0.15, 0.2) is 0 Å². The fourth-order valence-electron chi connectivity index (χ4n) is 4.22. The number of nitrogens with one attached hydrogen (secondary N) is 1. The zero-order valence-electron chi connectivity index (χ0n) is 12.9. The number of hydrogen-bond acceptors (Lipinski definition) is 3. The number of likely N-dealkylation sites (N-methyl/N-ethyl adjacent to an activating group) is 2. The van der Waals surface area contributed by atoms with Gasteiger partial charge in [-0.15, -0.1) is 0 Å². The van der Waals surface area contributed by atoms with Crippen molar-refractivity contribution < 1.29 is 0 Å². The van der Waals surface area contributed by atoms with E-state index in [1.165, 1.54) is 38.8 Å². The van der Waals surface area contributed by atoms with Crippen LogP contribution in [0.3, 0.4) is 0 Å². The Labute approximate surface area is 113 Å². The van der Waals surface area contributed by atoms with Crippen molar-refractivity contribution in [1.29, 1.82) is 0 Å². The highest BCUT2D eigenvalue weighted by molar-refractivity contribution is 5.03. The van der Waals surface area contributed by atoms with E-state index in [0.717, 1.165) is 12.1 Å². The predicted octanol–water partition coefficient (Wildman–Crippen LogP) is 1.79. The first kappa shape index (κ1) is 14.3. The van der Waals surface area contributed by atoms with Crippen molar-refractivity contribution in [3.8, 4) is 0 Å². The third kappa shape index (κ3) is 2.73. The zero-order chi connectivity index (χ0) is 13.3. The molecule has 2 fully saturated rings. The molecule has 0 aromatic rings. The first-order valence-electron chi connectivity index (χ1n) is 7.53. The van der Waals surface area contributed by atoms with Crippen LogP contribution in [0.25, 0.3) is 0 Å². The van der Waals surface area contributed by atoms with Crippen molar-refractivity contribution >= 4 is 0 Å². The van der Waals surface area contributed by atoms with Gasteiger partial charge in [-0.2, -0.15) is 0 Å². The van der Waals surface area contributed by atoms with Crippen molar-refractivity contribution in [2.24, 2.45) is 5.41 Å². The minimum Gasteiger partial charge on any atom is -0.315 e. The molecule has 2 rings (SSSR count). The lowest BCUT2D eigenvalue weighted by molar-refractivity contribution is 0.119. The summed E-state index contributed by atoms with van der Waals surface area (Å²) in [5.74, 6) is 0. The van der Waals surface area contributed by atoms with Crippen LogP contribution in [-0.2, 0) is 0 Å². The molecular weight excluding hydrogens is 222 g/mol. The molecule has 106 valence electrons. The number of nitrogens with zero attached hydrogens (tertiary/aromatic N) is 2. The first-order chi connectivity index (χ1) is 8.45. The molecule has 1 heterocycles. The Kier molecular flexibility index (Phi) is 4.35. The second-order valence-corrected chi connectivity index (χ2v) is 7.16. The molecule has 0 aromatic heterocycles. The van der Waals surface area contributed by atoms with E-state index in [-0.39, 0.29) is 0 Å². The van der Waals surface area contributed by atoms with Crippen molar-refractivity contribution in [2.45, 2.75) is 57.7 Å². The standard InChI is InChI=1S/C15H31N3/c1-15(2)9-8-13(14(15)16-3)18-10-6-7-12(18)11-17(4)5/h12-14,16H,6-11H2,1-5H3. The molecule has 3 unspecified atom stereocenters. The molecule has 18 heavy (non-hydrogen) atoms. The fraction of sp³-hybridized carbons (Fsp3) is 1.00. The highest BCUT2D eigenvalue weighted by Crippen LogP contribution is 2.41. The van der Waals surface area contributed by atoms with Crippen LogP contribution in [0.2, 0.25) is 0 Å². The first-order valence-corrected chi connectivity index (χ1v) is 7.53. The minimum atomic E-state index is 0.449. The van der Waals surface area contributed by atoms with E-state index in [1.807, 2.05) is 0 Å². The largest absolute Gasteiger partial charge is 0.315 e. The van der Waals surface area contributed by atoms with Gasteiger partial charge in [0.05, 0.1) is 0 Å². The Bertz CT molecular complexity index is 275. The molecule has 0 amide bonds. The molecular formula is C15H31N3. The molecule has 0 aromatic carbocycles. The molecule has 1 N–H and O–H groups in total. The third-order valence-corrected chi connectivity index (χ3v) is 5.05. The average molecular weight is 253 g/mol. The summed E-state index contributed by atoms with van der Waals surface area (Å²) in [6.07, 6.45) is 5.48. The number of likely N-dealkylation sites (tertiary alicyclic amines) is 1. The van der Waals surface area contributed by atoms with Gasteiger partial charge in [0.1, 0.15) is 0 Å². The monoisotopic (exact) mass is 253 g/mol. The van der Waals surface area contributed by atoms with Gasteiger partial charge in [-0.05, 0) is 58.8 Å². The smallest absolute Gasteiger partial charge is 0.0271 e. The van der Waals surface area contributed by atoms with Crippen LogP contribution in [0.1, 0.15) is 39.5 Å². The predicted molar refractivity (Wildman–Crippen MR) is 77.9 cm³/mol. The topological polar surface area (TPSA) is 18.5 Å². The molecule has 1 aliphatic heterocycles. The quantitative estimate of drug-likeness (QED) is 0.824. The Morgan fingerprint density at radius 2 is 2.00 bits per heavy atom. The molecule has 1 aliphatic carbocycles. The van der Waals surface area contributed by atoms with Gasteiger partial charge in [0.2, 0.25) is 0 Å². The lowest BCUT2D eigenvalue weighted by Gasteiger charge is -2.38. The average Bonchev–Trinajstić information content (AvgIpc) is 2.81. The summed E-state index contributed by atoms with van der Waals surface area (Å²) in [7, 11) is 6.54. The van der Waals surface area contributed by atoms with Crippen molar-refractivity contribution in [1.82, 2.24) is 15.1 Å².